The molecule has 1 N–H and O–H groups in total. The summed E-state index contributed by atoms with van der Waals surface area (Å²) in [6.07, 6.45) is 1.16. The van der Waals surface area contributed by atoms with Gasteiger partial charge in [0.1, 0.15) is 0 Å². The molecule has 0 radical (unpaired) electrons. The standard InChI is InChI=1S/C13H19NO2S/c1-14(2)7-4-8-17-10-11-5-3-6-12(9-11)13(15)16/h3,5-6,9H,4,7-8,10H2,1-2H3,(H,15,16). The molecule has 0 aliphatic carbocycles. The normalized spacial score (nSPS) is 10.8. The smallest absolute Gasteiger partial charge is 0.335 e. The molecule has 0 saturated carbocycles. The predicted molar refractivity (Wildman–Crippen MR) is 72.7 cm³/mol. The molecule has 0 fully saturated rings. The number of carbonyl (C=O) groups is 1. The molecule has 0 atom stereocenters. The summed E-state index contributed by atoms with van der Waals surface area (Å²) in [5.74, 6) is 1.13. The molecule has 3 nitrogen and oxygen atoms in total. The molecule has 4 heteroatoms. The number of rotatable bonds is 7. The van der Waals surface area contributed by atoms with Crippen LogP contribution in [0.25, 0.3) is 0 Å². The number of benzene rings is 1. The Balaban J connectivity index is 2.31. The van der Waals surface area contributed by atoms with Crippen LogP contribution in [0.1, 0.15) is 22.3 Å². The van der Waals surface area contributed by atoms with E-state index in [2.05, 4.69) is 19.0 Å². The van der Waals surface area contributed by atoms with Crippen molar-refractivity contribution in [3.63, 3.8) is 0 Å². The Labute approximate surface area is 107 Å². The van der Waals surface area contributed by atoms with Gasteiger partial charge in [0.15, 0.2) is 0 Å². The summed E-state index contributed by atoms with van der Waals surface area (Å²) in [5.41, 5.74) is 1.45. The fraction of sp³-hybridized carbons (Fsp3) is 0.462. The zero-order valence-corrected chi connectivity index (χ0v) is 11.2. The van der Waals surface area contributed by atoms with Gasteiger partial charge < -0.3 is 10.0 Å². The van der Waals surface area contributed by atoms with E-state index in [1.165, 1.54) is 0 Å². The molecule has 0 heterocycles. The third-order valence-corrected chi connectivity index (χ3v) is 3.45. The lowest BCUT2D eigenvalue weighted by molar-refractivity contribution is 0.0697. The second-order valence-electron chi connectivity index (χ2n) is 4.21. The molecule has 17 heavy (non-hydrogen) atoms. The van der Waals surface area contributed by atoms with Gasteiger partial charge in [-0.1, -0.05) is 12.1 Å². The van der Waals surface area contributed by atoms with Gasteiger partial charge in [-0.05, 0) is 50.5 Å². The highest BCUT2D eigenvalue weighted by molar-refractivity contribution is 7.98. The van der Waals surface area contributed by atoms with Crippen LogP contribution in [0.2, 0.25) is 0 Å². The Morgan fingerprint density at radius 3 is 2.82 bits per heavy atom. The average Bonchev–Trinajstić information content (AvgIpc) is 2.28. The van der Waals surface area contributed by atoms with Crippen LogP contribution in [0.15, 0.2) is 24.3 Å². The summed E-state index contributed by atoms with van der Waals surface area (Å²) >= 11 is 1.85. The maximum absolute atomic E-state index is 10.8. The fourth-order valence-corrected chi connectivity index (χ4v) is 2.36. The monoisotopic (exact) mass is 253 g/mol. The summed E-state index contributed by atoms with van der Waals surface area (Å²) in [7, 11) is 4.14. The predicted octanol–water partition coefficient (Wildman–Crippen LogP) is 2.57. The first-order valence-electron chi connectivity index (χ1n) is 5.64. The molecule has 1 aromatic carbocycles. The largest absolute Gasteiger partial charge is 0.478 e. The van der Waals surface area contributed by atoms with Crippen molar-refractivity contribution in [2.75, 3.05) is 26.4 Å². The van der Waals surface area contributed by atoms with Crippen molar-refractivity contribution in [2.24, 2.45) is 0 Å². The highest BCUT2D eigenvalue weighted by Crippen LogP contribution is 2.14. The zero-order chi connectivity index (χ0) is 12.7. The van der Waals surface area contributed by atoms with Crippen molar-refractivity contribution in [3.05, 3.63) is 35.4 Å². The Kier molecular flexibility index (Phi) is 6.08. The van der Waals surface area contributed by atoms with E-state index in [0.717, 1.165) is 30.0 Å². The van der Waals surface area contributed by atoms with Gasteiger partial charge in [0.2, 0.25) is 0 Å². The lowest BCUT2D eigenvalue weighted by Gasteiger charge is -2.08. The quantitative estimate of drug-likeness (QED) is 0.758. The second kappa shape index (κ2) is 7.35. The van der Waals surface area contributed by atoms with E-state index in [0.29, 0.717) is 5.56 Å². The van der Waals surface area contributed by atoms with Crippen LogP contribution < -0.4 is 0 Å². The molecule has 0 aromatic heterocycles. The van der Waals surface area contributed by atoms with E-state index in [-0.39, 0.29) is 0 Å². The van der Waals surface area contributed by atoms with Crippen molar-refractivity contribution < 1.29 is 9.90 Å². The minimum absolute atomic E-state index is 0.372. The van der Waals surface area contributed by atoms with Crippen LogP contribution >= 0.6 is 11.8 Å². The molecule has 0 aliphatic rings. The third kappa shape index (κ3) is 5.75. The lowest BCUT2D eigenvalue weighted by atomic mass is 10.1. The van der Waals surface area contributed by atoms with Gasteiger partial charge in [0, 0.05) is 5.75 Å². The number of carboxylic acids is 1. The first-order chi connectivity index (χ1) is 8.09. The molecular weight excluding hydrogens is 234 g/mol. The highest BCUT2D eigenvalue weighted by Gasteiger charge is 2.02. The first-order valence-corrected chi connectivity index (χ1v) is 6.80. The third-order valence-electron chi connectivity index (χ3n) is 2.34. The van der Waals surface area contributed by atoms with Crippen molar-refractivity contribution in [1.82, 2.24) is 4.90 Å². The number of thioether (sulfide) groups is 1. The number of carboxylic acid groups (broad SMARTS) is 1. The zero-order valence-electron chi connectivity index (χ0n) is 10.3. The summed E-state index contributed by atoms with van der Waals surface area (Å²) in [5, 5.41) is 8.87. The average molecular weight is 253 g/mol. The van der Waals surface area contributed by atoms with E-state index in [4.69, 9.17) is 5.11 Å². The van der Waals surface area contributed by atoms with Crippen LogP contribution in [-0.2, 0) is 5.75 Å². The minimum atomic E-state index is -0.857. The molecule has 0 amide bonds. The van der Waals surface area contributed by atoms with E-state index < -0.39 is 5.97 Å². The van der Waals surface area contributed by atoms with Crippen LogP contribution in [-0.4, -0.2) is 42.4 Å². The molecule has 0 unspecified atom stereocenters. The van der Waals surface area contributed by atoms with Gasteiger partial charge in [-0.15, -0.1) is 0 Å². The summed E-state index contributed by atoms with van der Waals surface area (Å²) in [6, 6.07) is 7.16. The minimum Gasteiger partial charge on any atom is -0.478 e. The van der Waals surface area contributed by atoms with E-state index in [1.54, 1.807) is 18.2 Å². The fourth-order valence-electron chi connectivity index (χ4n) is 1.47. The van der Waals surface area contributed by atoms with Gasteiger partial charge in [-0.2, -0.15) is 11.8 Å². The van der Waals surface area contributed by atoms with Gasteiger partial charge in [-0.3, -0.25) is 0 Å². The van der Waals surface area contributed by atoms with Crippen molar-refractivity contribution in [1.29, 1.82) is 0 Å². The molecule has 1 aromatic rings. The number of hydrogen-bond donors (Lipinski definition) is 1. The Morgan fingerprint density at radius 1 is 1.41 bits per heavy atom. The topological polar surface area (TPSA) is 40.5 Å². The number of aromatic carboxylic acids is 1. The first kappa shape index (κ1) is 14.1. The van der Waals surface area contributed by atoms with Crippen LogP contribution in [0.5, 0.6) is 0 Å². The molecule has 0 bridgehead atoms. The van der Waals surface area contributed by atoms with Crippen molar-refractivity contribution in [3.8, 4) is 0 Å². The van der Waals surface area contributed by atoms with Crippen molar-refractivity contribution >= 4 is 17.7 Å². The summed E-state index contributed by atoms with van der Waals surface area (Å²) < 4.78 is 0. The van der Waals surface area contributed by atoms with E-state index in [1.807, 2.05) is 17.8 Å². The Morgan fingerprint density at radius 2 is 2.18 bits per heavy atom. The maximum atomic E-state index is 10.8. The SMILES string of the molecule is CN(C)CCCSCc1cccc(C(=O)O)c1. The number of hydrogen-bond acceptors (Lipinski definition) is 3. The van der Waals surface area contributed by atoms with Crippen molar-refractivity contribution in [2.45, 2.75) is 12.2 Å². The highest BCUT2D eigenvalue weighted by atomic mass is 32.2. The van der Waals surface area contributed by atoms with Gasteiger partial charge in [-0.25, -0.2) is 4.79 Å². The molecule has 0 saturated heterocycles. The number of nitrogens with zero attached hydrogens (tertiary/aromatic N) is 1. The molecule has 0 spiro atoms. The molecule has 1 rings (SSSR count). The Bertz CT molecular complexity index is 366. The summed E-state index contributed by atoms with van der Waals surface area (Å²) in [4.78, 5) is 13.0. The summed E-state index contributed by atoms with van der Waals surface area (Å²) in [6.45, 7) is 1.10. The van der Waals surface area contributed by atoms with Gasteiger partial charge >= 0.3 is 5.97 Å². The van der Waals surface area contributed by atoms with Crippen LogP contribution in [0.4, 0.5) is 0 Å². The Hall–Kier alpha value is -1.00. The maximum Gasteiger partial charge on any atom is 0.335 e. The van der Waals surface area contributed by atoms with Crippen LogP contribution in [0, 0.1) is 0 Å². The molecule has 94 valence electrons. The van der Waals surface area contributed by atoms with Gasteiger partial charge in [0.05, 0.1) is 5.56 Å². The second-order valence-corrected chi connectivity index (χ2v) is 5.32. The van der Waals surface area contributed by atoms with E-state index in [9.17, 15) is 4.79 Å². The lowest BCUT2D eigenvalue weighted by Crippen LogP contribution is -2.13. The molecular formula is C13H19NO2S. The molecule has 0 aliphatic heterocycles. The van der Waals surface area contributed by atoms with Crippen LogP contribution in [0.3, 0.4) is 0 Å². The van der Waals surface area contributed by atoms with E-state index >= 15 is 0 Å². The van der Waals surface area contributed by atoms with Gasteiger partial charge in [0.25, 0.3) is 0 Å².